The summed E-state index contributed by atoms with van der Waals surface area (Å²) in [5.74, 6) is -2.48. The Morgan fingerprint density at radius 2 is 1.37 bits per heavy atom. The predicted octanol–water partition coefficient (Wildman–Crippen LogP) is 5.00. The lowest BCUT2D eigenvalue weighted by atomic mass is 9.93. The van der Waals surface area contributed by atoms with Crippen LogP contribution >= 0.6 is 0 Å². The van der Waals surface area contributed by atoms with Gasteiger partial charge in [-0.15, -0.1) is 0 Å². The van der Waals surface area contributed by atoms with E-state index >= 15 is 0 Å². The molecule has 0 amide bonds. The number of hydrogen-bond donors (Lipinski definition) is 0. The summed E-state index contributed by atoms with van der Waals surface area (Å²) in [6.45, 7) is 0. The lowest BCUT2D eigenvalue weighted by molar-refractivity contribution is 0.517. The van der Waals surface area contributed by atoms with Gasteiger partial charge in [-0.1, -0.05) is 30.3 Å². The minimum atomic E-state index is -0.996. The van der Waals surface area contributed by atoms with Crippen LogP contribution in [-0.2, 0) is 0 Å². The Morgan fingerprint density at radius 1 is 0.632 bits per heavy atom. The van der Waals surface area contributed by atoms with E-state index in [-0.39, 0.29) is 5.39 Å². The fraction of sp³-hybridized carbons (Fsp3) is 0. The van der Waals surface area contributed by atoms with E-state index in [9.17, 15) is 13.2 Å². The second-order valence-corrected chi connectivity index (χ2v) is 4.65. The zero-order valence-electron chi connectivity index (χ0n) is 9.68. The molecule has 19 heavy (non-hydrogen) atoms. The quantitative estimate of drug-likeness (QED) is 0.388. The van der Waals surface area contributed by atoms with Crippen LogP contribution in [0, 0.1) is 17.5 Å². The molecule has 0 spiro atoms. The molecule has 0 N–H and O–H groups in total. The Morgan fingerprint density at radius 3 is 2.21 bits per heavy atom. The topological polar surface area (TPSA) is 0 Å². The van der Waals surface area contributed by atoms with Gasteiger partial charge in [-0.05, 0) is 22.9 Å². The largest absolute Gasteiger partial charge is 0.206 e. The van der Waals surface area contributed by atoms with Gasteiger partial charge >= 0.3 is 0 Å². The molecule has 0 aliphatic heterocycles. The maximum Gasteiger partial charge on any atom is 0.166 e. The number of halogens is 3. The van der Waals surface area contributed by atoms with Crippen LogP contribution in [0.4, 0.5) is 13.2 Å². The van der Waals surface area contributed by atoms with Crippen LogP contribution in [-0.4, -0.2) is 0 Å². The molecule has 0 fully saturated rings. The van der Waals surface area contributed by atoms with E-state index in [1.54, 1.807) is 24.3 Å². The smallest absolute Gasteiger partial charge is 0.166 e. The third-order valence-electron chi connectivity index (χ3n) is 3.60. The molecular formula is C16H7F3. The summed E-state index contributed by atoms with van der Waals surface area (Å²) in [4.78, 5) is 0. The SMILES string of the molecule is Fc1cc2ccc3cccc4c(F)cc(c1F)c2c34. The Labute approximate surface area is 106 Å². The molecule has 0 saturated heterocycles. The molecule has 3 heteroatoms. The van der Waals surface area contributed by atoms with Crippen LogP contribution in [0.1, 0.15) is 0 Å². The molecule has 0 aromatic heterocycles. The number of rotatable bonds is 0. The van der Waals surface area contributed by atoms with Gasteiger partial charge < -0.3 is 0 Å². The fourth-order valence-electron chi connectivity index (χ4n) is 2.78. The van der Waals surface area contributed by atoms with Crippen molar-refractivity contribution >= 4 is 32.3 Å². The molecule has 0 heterocycles. The highest BCUT2D eigenvalue weighted by Crippen LogP contribution is 2.37. The van der Waals surface area contributed by atoms with Crippen LogP contribution in [0.3, 0.4) is 0 Å². The first-order valence-corrected chi connectivity index (χ1v) is 5.88. The van der Waals surface area contributed by atoms with Crippen molar-refractivity contribution in [2.45, 2.75) is 0 Å². The summed E-state index contributed by atoms with van der Waals surface area (Å²) in [5, 5.41) is 3.05. The average molecular weight is 256 g/mol. The fourth-order valence-corrected chi connectivity index (χ4v) is 2.78. The van der Waals surface area contributed by atoms with Crippen molar-refractivity contribution in [3.8, 4) is 0 Å². The predicted molar refractivity (Wildman–Crippen MR) is 70.0 cm³/mol. The molecule has 4 rings (SSSR count). The molecule has 0 saturated carbocycles. The summed E-state index contributed by atoms with van der Waals surface area (Å²) in [5.41, 5.74) is 0. The average Bonchev–Trinajstić information content (AvgIpc) is 2.42. The van der Waals surface area contributed by atoms with Crippen LogP contribution in [0.25, 0.3) is 32.3 Å². The molecule has 0 bridgehead atoms. The number of hydrogen-bond acceptors (Lipinski definition) is 0. The maximum atomic E-state index is 14.1. The first kappa shape index (κ1) is 10.6. The molecule has 92 valence electrons. The van der Waals surface area contributed by atoms with E-state index in [1.165, 1.54) is 0 Å². The van der Waals surface area contributed by atoms with Gasteiger partial charge in [0, 0.05) is 21.5 Å². The summed E-state index contributed by atoms with van der Waals surface area (Å²) < 4.78 is 41.4. The van der Waals surface area contributed by atoms with Crippen molar-refractivity contribution in [1.29, 1.82) is 0 Å². The van der Waals surface area contributed by atoms with Crippen molar-refractivity contribution in [3.63, 3.8) is 0 Å². The lowest BCUT2D eigenvalue weighted by Gasteiger charge is -2.12. The molecule has 0 unspecified atom stereocenters. The van der Waals surface area contributed by atoms with E-state index < -0.39 is 17.5 Å². The summed E-state index contributed by atoms with van der Waals surface area (Å²) in [7, 11) is 0. The summed E-state index contributed by atoms with van der Waals surface area (Å²) in [6.07, 6.45) is 0. The molecule has 0 aliphatic rings. The molecule has 4 aromatic carbocycles. The second kappa shape index (κ2) is 3.38. The van der Waals surface area contributed by atoms with Gasteiger partial charge in [-0.2, -0.15) is 0 Å². The van der Waals surface area contributed by atoms with Gasteiger partial charge in [0.15, 0.2) is 11.6 Å². The second-order valence-electron chi connectivity index (χ2n) is 4.65. The van der Waals surface area contributed by atoms with Crippen molar-refractivity contribution in [2.24, 2.45) is 0 Å². The number of benzene rings is 4. The van der Waals surface area contributed by atoms with Gasteiger partial charge in [-0.25, -0.2) is 13.2 Å². The molecule has 4 aromatic rings. The van der Waals surface area contributed by atoms with E-state index in [0.717, 1.165) is 17.5 Å². The van der Waals surface area contributed by atoms with Crippen LogP contribution in [0.5, 0.6) is 0 Å². The molecule has 0 radical (unpaired) electrons. The Balaban J connectivity index is 2.47. The van der Waals surface area contributed by atoms with Crippen LogP contribution in [0.2, 0.25) is 0 Å². The summed E-state index contributed by atoms with van der Waals surface area (Å²) in [6, 6.07) is 11.0. The van der Waals surface area contributed by atoms with Gasteiger partial charge in [0.05, 0.1) is 0 Å². The van der Waals surface area contributed by atoms with Crippen molar-refractivity contribution in [1.82, 2.24) is 0 Å². The third-order valence-corrected chi connectivity index (χ3v) is 3.60. The third kappa shape index (κ3) is 1.24. The summed E-state index contributed by atoms with van der Waals surface area (Å²) >= 11 is 0. The minimum absolute atomic E-state index is 0.00296. The van der Waals surface area contributed by atoms with Gasteiger partial charge in [0.2, 0.25) is 0 Å². The standard InChI is InChI=1S/C16H7F3/c17-12-7-11-15-9(6-13(18)16(11)19)5-4-8-2-1-3-10(12)14(8)15/h1-7H. The zero-order valence-corrected chi connectivity index (χ0v) is 9.68. The Bertz CT molecular complexity index is 941. The Hall–Kier alpha value is -2.29. The zero-order chi connectivity index (χ0) is 13.1. The van der Waals surface area contributed by atoms with E-state index in [1.807, 2.05) is 6.07 Å². The first-order chi connectivity index (χ1) is 9.16. The van der Waals surface area contributed by atoms with Crippen molar-refractivity contribution in [3.05, 3.63) is 59.9 Å². The van der Waals surface area contributed by atoms with E-state index in [0.29, 0.717) is 21.5 Å². The highest BCUT2D eigenvalue weighted by atomic mass is 19.2. The molecule has 0 aliphatic carbocycles. The molecule has 0 nitrogen and oxygen atoms in total. The maximum absolute atomic E-state index is 14.1. The minimum Gasteiger partial charge on any atom is -0.206 e. The molecule has 0 atom stereocenters. The van der Waals surface area contributed by atoms with Gasteiger partial charge in [0.1, 0.15) is 5.82 Å². The van der Waals surface area contributed by atoms with Crippen LogP contribution < -0.4 is 0 Å². The normalized spacial score (nSPS) is 11.9. The van der Waals surface area contributed by atoms with Crippen molar-refractivity contribution in [2.75, 3.05) is 0 Å². The van der Waals surface area contributed by atoms with Crippen molar-refractivity contribution < 1.29 is 13.2 Å². The van der Waals surface area contributed by atoms with Crippen LogP contribution in [0.15, 0.2) is 42.5 Å². The monoisotopic (exact) mass is 256 g/mol. The van der Waals surface area contributed by atoms with Gasteiger partial charge in [-0.3, -0.25) is 0 Å². The highest BCUT2D eigenvalue weighted by Gasteiger charge is 2.16. The van der Waals surface area contributed by atoms with E-state index in [2.05, 4.69) is 0 Å². The Kier molecular flexibility index (Phi) is 1.89. The molecular weight excluding hydrogens is 249 g/mol. The van der Waals surface area contributed by atoms with E-state index in [4.69, 9.17) is 0 Å². The van der Waals surface area contributed by atoms with Gasteiger partial charge in [0.25, 0.3) is 0 Å². The lowest BCUT2D eigenvalue weighted by Crippen LogP contribution is -1.92. The first-order valence-electron chi connectivity index (χ1n) is 5.88. The highest BCUT2D eigenvalue weighted by molar-refractivity contribution is 6.23.